The molecule has 0 spiro atoms. The zero-order valence-electron chi connectivity index (χ0n) is 11.6. The van der Waals surface area contributed by atoms with E-state index in [1.807, 2.05) is 12.2 Å². The van der Waals surface area contributed by atoms with Crippen molar-refractivity contribution in [1.82, 2.24) is 0 Å². The van der Waals surface area contributed by atoms with Crippen LogP contribution in [-0.2, 0) is 0 Å². The van der Waals surface area contributed by atoms with E-state index in [1.165, 1.54) is 32.1 Å². The summed E-state index contributed by atoms with van der Waals surface area (Å²) in [6, 6.07) is 0. The van der Waals surface area contributed by atoms with E-state index in [2.05, 4.69) is 42.6 Å². The van der Waals surface area contributed by atoms with Gasteiger partial charge in [0.05, 0.1) is 0 Å². The van der Waals surface area contributed by atoms with Crippen LogP contribution in [0.3, 0.4) is 0 Å². The minimum atomic E-state index is 0.826. The summed E-state index contributed by atoms with van der Waals surface area (Å²) in [7, 11) is 0. The Morgan fingerprint density at radius 3 is 2.39 bits per heavy atom. The van der Waals surface area contributed by atoms with Crippen molar-refractivity contribution in [1.29, 1.82) is 0 Å². The van der Waals surface area contributed by atoms with Gasteiger partial charge in [-0.05, 0) is 41.9 Å². The molecular formula is C17H25Br. The number of hydrogen-bond acceptors (Lipinski definition) is 0. The van der Waals surface area contributed by atoms with Crippen LogP contribution in [0.4, 0.5) is 0 Å². The van der Waals surface area contributed by atoms with Gasteiger partial charge in [-0.2, -0.15) is 0 Å². The van der Waals surface area contributed by atoms with Gasteiger partial charge < -0.3 is 0 Å². The highest BCUT2D eigenvalue weighted by Crippen LogP contribution is 2.34. The Morgan fingerprint density at radius 2 is 1.83 bits per heavy atom. The van der Waals surface area contributed by atoms with Crippen LogP contribution in [0.25, 0.3) is 0 Å². The van der Waals surface area contributed by atoms with E-state index in [4.69, 9.17) is 0 Å². The molecule has 18 heavy (non-hydrogen) atoms. The van der Waals surface area contributed by atoms with Gasteiger partial charge in [-0.25, -0.2) is 0 Å². The molecule has 1 aliphatic rings. The quantitative estimate of drug-likeness (QED) is 0.493. The summed E-state index contributed by atoms with van der Waals surface area (Å²) in [4.78, 5) is 0. The average Bonchev–Trinajstić information content (AvgIpc) is 2.86. The molecule has 0 bridgehead atoms. The fourth-order valence-electron chi connectivity index (χ4n) is 2.63. The third kappa shape index (κ3) is 5.39. The van der Waals surface area contributed by atoms with E-state index in [0.29, 0.717) is 0 Å². The molecule has 0 saturated heterocycles. The van der Waals surface area contributed by atoms with Crippen molar-refractivity contribution in [2.75, 3.05) is 0 Å². The first-order chi connectivity index (χ1) is 8.50. The monoisotopic (exact) mass is 308 g/mol. The van der Waals surface area contributed by atoms with Gasteiger partial charge in [-0.15, -0.1) is 0 Å². The van der Waals surface area contributed by atoms with Gasteiger partial charge in [0.2, 0.25) is 0 Å². The Morgan fingerprint density at radius 1 is 1.22 bits per heavy atom. The molecule has 0 aromatic heterocycles. The minimum absolute atomic E-state index is 0.826. The van der Waals surface area contributed by atoms with E-state index in [9.17, 15) is 0 Å². The maximum atomic E-state index is 4.14. The van der Waals surface area contributed by atoms with Crippen molar-refractivity contribution < 1.29 is 0 Å². The summed E-state index contributed by atoms with van der Waals surface area (Å²) >= 11 is 3.31. The van der Waals surface area contributed by atoms with Crippen LogP contribution in [0.15, 0.2) is 47.5 Å². The minimum Gasteiger partial charge on any atom is -0.0953 e. The molecule has 0 amide bonds. The lowest BCUT2D eigenvalue weighted by Gasteiger charge is -2.19. The SMILES string of the molecule is C=C(Br)/C=C\C(=C)C(=C)CCC(C)C1CCCC1. The van der Waals surface area contributed by atoms with Crippen LogP contribution in [0.1, 0.15) is 45.4 Å². The molecule has 1 rings (SSSR count). The molecule has 0 radical (unpaired) electrons. The lowest BCUT2D eigenvalue weighted by atomic mass is 9.87. The van der Waals surface area contributed by atoms with Gasteiger partial charge in [0.25, 0.3) is 0 Å². The molecule has 1 heteroatoms. The van der Waals surface area contributed by atoms with E-state index in [1.54, 1.807) is 0 Å². The Kier molecular flexibility index (Phi) is 6.70. The van der Waals surface area contributed by atoms with Crippen molar-refractivity contribution in [2.24, 2.45) is 11.8 Å². The first kappa shape index (κ1) is 15.5. The maximum absolute atomic E-state index is 4.14. The zero-order chi connectivity index (χ0) is 13.5. The largest absolute Gasteiger partial charge is 0.0953 e. The molecule has 100 valence electrons. The van der Waals surface area contributed by atoms with Crippen molar-refractivity contribution >= 4 is 15.9 Å². The summed E-state index contributed by atoms with van der Waals surface area (Å²) < 4.78 is 0.871. The van der Waals surface area contributed by atoms with Crippen LogP contribution < -0.4 is 0 Å². The van der Waals surface area contributed by atoms with Gasteiger partial charge in [0.1, 0.15) is 0 Å². The second-order valence-corrected chi connectivity index (χ2v) is 6.49. The van der Waals surface area contributed by atoms with Gasteiger partial charge in [0, 0.05) is 4.48 Å². The molecule has 0 aromatic rings. The molecule has 1 unspecified atom stereocenters. The fourth-order valence-corrected chi connectivity index (χ4v) is 2.77. The predicted molar refractivity (Wildman–Crippen MR) is 85.8 cm³/mol. The normalized spacial score (nSPS) is 18.1. The second-order valence-electron chi connectivity index (χ2n) is 5.47. The lowest BCUT2D eigenvalue weighted by Crippen LogP contribution is -2.07. The fraction of sp³-hybridized carbons (Fsp3) is 0.529. The second kappa shape index (κ2) is 7.78. The van der Waals surface area contributed by atoms with Gasteiger partial charge in [-0.3, -0.25) is 0 Å². The summed E-state index contributed by atoms with van der Waals surface area (Å²) in [5, 5.41) is 0. The van der Waals surface area contributed by atoms with Gasteiger partial charge in [0.15, 0.2) is 0 Å². The van der Waals surface area contributed by atoms with Crippen LogP contribution in [0, 0.1) is 11.8 Å². The summed E-state index contributed by atoms with van der Waals surface area (Å²) in [6.07, 6.45) is 11.9. The van der Waals surface area contributed by atoms with Crippen LogP contribution in [0.5, 0.6) is 0 Å². The van der Waals surface area contributed by atoms with Crippen LogP contribution in [-0.4, -0.2) is 0 Å². The number of allylic oxidation sites excluding steroid dienone is 5. The Labute approximate surface area is 121 Å². The molecule has 1 atom stereocenters. The molecule has 0 N–H and O–H groups in total. The number of rotatable bonds is 7. The number of halogens is 1. The molecule has 0 aromatic carbocycles. The van der Waals surface area contributed by atoms with Gasteiger partial charge in [-0.1, -0.05) is 74.3 Å². The summed E-state index contributed by atoms with van der Waals surface area (Å²) in [5.41, 5.74) is 2.18. The van der Waals surface area contributed by atoms with Crippen molar-refractivity contribution in [3.63, 3.8) is 0 Å². The molecule has 1 saturated carbocycles. The molecule has 1 fully saturated rings. The van der Waals surface area contributed by atoms with Crippen LogP contribution >= 0.6 is 15.9 Å². The first-order valence-corrected chi connectivity index (χ1v) is 7.69. The van der Waals surface area contributed by atoms with E-state index in [0.717, 1.165) is 33.9 Å². The highest BCUT2D eigenvalue weighted by molar-refractivity contribution is 9.11. The Balaban J connectivity index is 2.31. The predicted octanol–water partition coefficient (Wildman–Crippen LogP) is 6.17. The van der Waals surface area contributed by atoms with E-state index < -0.39 is 0 Å². The van der Waals surface area contributed by atoms with Crippen molar-refractivity contribution in [3.8, 4) is 0 Å². The third-order valence-corrected chi connectivity index (χ3v) is 4.29. The number of hydrogen-bond donors (Lipinski definition) is 0. The Bertz CT molecular complexity index is 343. The molecular weight excluding hydrogens is 284 g/mol. The van der Waals surface area contributed by atoms with Crippen LogP contribution in [0.2, 0.25) is 0 Å². The zero-order valence-corrected chi connectivity index (χ0v) is 13.1. The van der Waals surface area contributed by atoms with E-state index in [-0.39, 0.29) is 0 Å². The summed E-state index contributed by atoms with van der Waals surface area (Å²) in [6.45, 7) is 14.4. The molecule has 0 nitrogen and oxygen atoms in total. The molecule has 0 heterocycles. The highest BCUT2D eigenvalue weighted by Gasteiger charge is 2.21. The standard InChI is InChI=1S/C17H25Br/c1-13(14(2)11-12-16(4)18)9-10-15(3)17-7-5-6-8-17/h11-12,15,17H,1-2,4-10H2,3H3/b12-11-. The Hall–Kier alpha value is -0.560. The van der Waals surface area contributed by atoms with Crippen molar-refractivity contribution in [2.45, 2.75) is 45.4 Å². The average molecular weight is 309 g/mol. The lowest BCUT2D eigenvalue weighted by molar-refractivity contribution is 0.346. The molecule has 0 aliphatic heterocycles. The molecule has 1 aliphatic carbocycles. The topological polar surface area (TPSA) is 0 Å². The van der Waals surface area contributed by atoms with Crippen molar-refractivity contribution in [3.05, 3.63) is 47.5 Å². The first-order valence-electron chi connectivity index (χ1n) is 6.90. The smallest absolute Gasteiger partial charge is 0.0103 e. The third-order valence-electron chi connectivity index (χ3n) is 4.03. The van der Waals surface area contributed by atoms with Gasteiger partial charge >= 0.3 is 0 Å². The highest BCUT2D eigenvalue weighted by atomic mass is 79.9. The summed E-state index contributed by atoms with van der Waals surface area (Å²) in [5.74, 6) is 1.77. The van der Waals surface area contributed by atoms with E-state index >= 15 is 0 Å². The maximum Gasteiger partial charge on any atom is 0.0103 e.